The van der Waals surface area contributed by atoms with E-state index in [0.29, 0.717) is 5.75 Å². The molecule has 2 aromatic rings. The molecular formula is C21H22N2O3. The predicted molar refractivity (Wildman–Crippen MR) is 102 cm³/mol. The second-order valence-corrected chi connectivity index (χ2v) is 6.35. The number of anilines is 1. The van der Waals surface area contributed by atoms with Gasteiger partial charge < -0.3 is 20.5 Å². The van der Waals surface area contributed by atoms with E-state index < -0.39 is 12.1 Å². The number of rotatable bonds is 4. The van der Waals surface area contributed by atoms with Gasteiger partial charge in [-0.1, -0.05) is 24.3 Å². The van der Waals surface area contributed by atoms with Crippen LogP contribution in [0.15, 0.2) is 71.5 Å². The lowest BCUT2D eigenvalue weighted by Crippen LogP contribution is -2.46. The van der Waals surface area contributed by atoms with Gasteiger partial charge in [-0.2, -0.15) is 0 Å². The third kappa shape index (κ3) is 3.34. The highest BCUT2D eigenvalue weighted by Gasteiger charge is 2.29. The summed E-state index contributed by atoms with van der Waals surface area (Å²) in [5, 5.41) is 9.44. The first-order chi connectivity index (χ1) is 12.4. The summed E-state index contributed by atoms with van der Waals surface area (Å²) in [4.78, 5) is 13.3. The summed E-state index contributed by atoms with van der Waals surface area (Å²) in [6.45, 7) is 5.80. The summed E-state index contributed by atoms with van der Waals surface area (Å²) in [7, 11) is 0. The second-order valence-electron chi connectivity index (χ2n) is 6.35. The molecule has 0 saturated heterocycles. The van der Waals surface area contributed by atoms with Crippen LogP contribution in [0.1, 0.15) is 19.4 Å². The summed E-state index contributed by atoms with van der Waals surface area (Å²) >= 11 is 0. The zero-order chi connectivity index (χ0) is 18.8. The van der Waals surface area contributed by atoms with E-state index in [9.17, 15) is 9.90 Å². The van der Waals surface area contributed by atoms with Crippen LogP contribution in [0, 0.1) is 6.92 Å². The summed E-state index contributed by atoms with van der Waals surface area (Å²) in [6.07, 6.45) is 0.872. The Bertz CT molecular complexity index is 915. The quantitative estimate of drug-likeness (QED) is 0.864. The van der Waals surface area contributed by atoms with Crippen LogP contribution in [0.2, 0.25) is 0 Å². The van der Waals surface area contributed by atoms with Crippen LogP contribution in [-0.4, -0.2) is 17.2 Å². The number of ether oxygens (including phenoxy) is 1. The van der Waals surface area contributed by atoms with Gasteiger partial charge in [-0.05, 0) is 56.2 Å². The van der Waals surface area contributed by atoms with Crippen LogP contribution in [0.4, 0.5) is 5.69 Å². The highest BCUT2D eigenvalue weighted by Crippen LogP contribution is 2.33. The fourth-order valence-corrected chi connectivity index (χ4v) is 3.00. The van der Waals surface area contributed by atoms with Gasteiger partial charge in [-0.3, -0.25) is 0 Å². The van der Waals surface area contributed by atoms with E-state index in [2.05, 4.69) is 0 Å². The van der Waals surface area contributed by atoms with Crippen molar-refractivity contribution in [3.8, 4) is 11.5 Å². The largest absolute Gasteiger partial charge is 0.478 e. The lowest BCUT2D eigenvalue weighted by Gasteiger charge is -2.36. The molecule has 0 saturated carbocycles. The van der Waals surface area contributed by atoms with Gasteiger partial charge >= 0.3 is 5.97 Å². The molecule has 0 spiro atoms. The molecular weight excluding hydrogens is 328 g/mol. The van der Waals surface area contributed by atoms with Crippen molar-refractivity contribution < 1.29 is 14.6 Å². The Kier molecular flexibility index (Phi) is 4.82. The molecule has 0 bridgehead atoms. The smallest absolute Gasteiger partial charge is 0.335 e. The minimum absolute atomic E-state index is 0.165. The number of aryl methyl sites for hydroxylation is 1. The Morgan fingerprint density at radius 2 is 1.85 bits per heavy atom. The van der Waals surface area contributed by atoms with Crippen molar-refractivity contribution in [2.24, 2.45) is 5.73 Å². The standard InChI is InChI=1S/C21H22N2O3/c1-13-7-4-5-10-19(13)26-17-9-6-8-16(12-17)23-15(3)14(2)11-18(20(23)22)21(24)25/h4-12,20H,22H2,1-3H3,(H,24,25). The van der Waals surface area contributed by atoms with E-state index in [0.717, 1.165) is 28.3 Å². The Morgan fingerprint density at radius 3 is 2.54 bits per heavy atom. The number of aliphatic carboxylic acids is 1. The molecule has 1 aliphatic heterocycles. The molecule has 1 unspecified atom stereocenters. The number of benzene rings is 2. The Morgan fingerprint density at radius 1 is 1.12 bits per heavy atom. The van der Waals surface area contributed by atoms with E-state index >= 15 is 0 Å². The summed E-state index contributed by atoms with van der Waals surface area (Å²) in [6, 6.07) is 15.3. The number of carboxylic acids is 1. The molecule has 0 radical (unpaired) electrons. The van der Waals surface area contributed by atoms with Crippen LogP contribution >= 0.6 is 0 Å². The van der Waals surface area contributed by atoms with E-state index in [1.165, 1.54) is 0 Å². The monoisotopic (exact) mass is 350 g/mol. The minimum Gasteiger partial charge on any atom is -0.478 e. The van der Waals surface area contributed by atoms with Crippen molar-refractivity contribution >= 4 is 11.7 Å². The van der Waals surface area contributed by atoms with Gasteiger partial charge in [0, 0.05) is 17.5 Å². The molecule has 1 atom stereocenters. The molecule has 0 aliphatic carbocycles. The summed E-state index contributed by atoms with van der Waals surface area (Å²) < 4.78 is 6.00. The van der Waals surface area contributed by atoms with Gasteiger partial charge in [0.05, 0.1) is 5.57 Å². The first-order valence-electron chi connectivity index (χ1n) is 8.39. The normalized spacial score (nSPS) is 17.2. The molecule has 0 aromatic heterocycles. The molecule has 1 aliphatic rings. The zero-order valence-corrected chi connectivity index (χ0v) is 15.1. The highest BCUT2D eigenvalue weighted by molar-refractivity contribution is 5.90. The summed E-state index contributed by atoms with van der Waals surface area (Å²) in [5.74, 6) is 0.435. The molecule has 26 heavy (non-hydrogen) atoms. The third-order valence-corrected chi connectivity index (χ3v) is 4.57. The number of hydrogen-bond acceptors (Lipinski definition) is 4. The highest BCUT2D eigenvalue weighted by atomic mass is 16.5. The van der Waals surface area contributed by atoms with Gasteiger partial charge in [0.15, 0.2) is 0 Å². The maximum absolute atomic E-state index is 11.5. The van der Waals surface area contributed by atoms with E-state index in [4.69, 9.17) is 10.5 Å². The van der Waals surface area contributed by atoms with Gasteiger partial charge in [-0.15, -0.1) is 0 Å². The van der Waals surface area contributed by atoms with E-state index in [1.54, 1.807) is 6.08 Å². The molecule has 2 aromatic carbocycles. The van der Waals surface area contributed by atoms with Gasteiger partial charge in [-0.25, -0.2) is 4.79 Å². The molecule has 0 amide bonds. The van der Waals surface area contributed by atoms with Crippen LogP contribution in [0.25, 0.3) is 0 Å². The number of hydrogen-bond donors (Lipinski definition) is 2. The Hall–Kier alpha value is -3.05. The lowest BCUT2D eigenvalue weighted by molar-refractivity contribution is -0.132. The van der Waals surface area contributed by atoms with Crippen LogP contribution in [0.5, 0.6) is 11.5 Å². The average molecular weight is 350 g/mol. The van der Waals surface area contributed by atoms with Crippen LogP contribution in [-0.2, 0) is 4.79 Å². The second kappa shape index (κ2) is 7.06. The van der Waals surface area contributed by atoms with Crippen LogP contribution in [0.3, 0.4) is 0 Å². The molecule has 0 fully saturated rings. The number of para-hydroxylation sites is 1. The average Bonchev–Trinajstić information content (AvgIpc) is 2.60. The maximum Gasteiger partial charge on any atom is 0.335 e. The first kappa shape index (κ1) is 17.8. The molecule has 5 nitrogen and oxygen atoms in total. The van der Waals surface area contributed by atoms with Crippen molar-refractivity contribution in [3.05, 3.63) is 77.0 Å². The van der Waals surface area contributed by atoms with Crippen molar-refractivity contribution in [1.29, 1.82) is 0 Å². The van der Waals surface area contributed by atoms with E-state index in [1.807, 2.05) is 74.2 Å². The Balaban J connectivity index is 1.96. The van der Waals surface area contributed by atoms with Crippen molar-refractivity contribution in [2.45, 2.75) is 26.9 Å². The summed E-state index contributed by atoms with van der Waals surface area (Å²) in [5.41, 5.74) is 10.0. The number of carboxylic acid groups (broad SMARTS) is 1. The van der Waals surface area contributed by atoms with Gasteiger partial charge in [0.1, 0.15) is 17.7 Å². The molecule has 3 rings (SSSR count). The molecule has 1 heterocycles. The number of carbonyl (C=O) groups is 1. The fourth-order valence-electron chi connectivity index (χ4n) is 3.00. The van der Waals surface area contributed by atoms with E-state index in [-0.39, 0.29) is 5.57 Å². The number of allylic oxidation sites excluding steroid dienone is 3. The molecule has 134 valence electrons. The maximum atomic E-state index is 11.5. The van der Waals surface area contributed by atoms with Crippen molar-refractivity contribution in [1.82, 2.24) is 0 Å². The number of nitrogens with two attached hydrogens (primary N) is 1. The van der Waals surface area contributed by atoms with Crippen molar-refractivity contribution in [3.63, 3.8) is 0 Å². The van der Waals surface area contributed by atoms with Crippen LogP contribution < -0.4 is 15.4 Å². The van der Waals surface area contributed by atoms with Gasteiger partial charge in [0.25, 0.3) is 0 Å². The third-order valence-electron chi connectivity index (χ3n) is 4.57. The predicted octanol–water partition coefficient (Wildman–Crippen LogP) is 4.20. The lowest BCUT2D eigenvalue weighted by atomic mass is 10.0. The first-order valence-corrected chi connectivity index (χ1v) is 8.39. The SMILES string of the molecule is CC1=C(C)N(c2cccc(Oc3ccccc3C)c2)C(N)C(C(=O)O)=C1. The van der Waals surface area contributed by atoms with Gasteiger partial charge in [0.2, 0.25) is 0 Å². The van der Waals surface area contributed by atoms with Crippen molar-refractivity contribution in [2.75, 3.05) is 4.90 Å². The fraction of sp³-hybridized carbons (Fsp3) is 0.190. The topological polar surface area (TPSA) is 75.8 Å². The minimum atomic E-state index is -1.01. The zero-order valence-electron chi connectivity index (χ0n) is 15.1. The molecule has 3 N–H and O–H groups in total. The Labute approximate surface area is 153 Å². The number of nitrogens with zero attached hydrogens (tertiary/aromatic N) is 1. The molecule has 5 heteroatoms.